The third-order valence-corrected chi connectivity index (χ3v) is 2.99. The summed E-state index contributed by atoms with van der Waals surface area (Å²) in [4.78, 5) is 0. The van der Waals surface area contributed by atoms with E-state index in [1.165, 1.54) is 11.1 Å². The van der Waals surface area contributed by atoms with E-state index in [-0.39, 0.29) is 0 Å². The van der Waals surface area contributed by atoms with Gasteiger partial charge in [0.25, 0.3) is 0 Å². The summed E-state index contributed by atoms with van der Waals surface area (Å²) in [6.45, 7) is 0.298. The second-order valence-electron chi connectivity index (χ2n) is 3.70. The summed E-state index contributed by atoms with van der Waals surface area (Å²) >= 11 is 5.91. The zero-order valence-electron chi connectivity index (χ0n) is 7.46. The van der Waals surface area contributed by atoms with Crippen LogP contribution < -0.4 is 0 Å². The van der Waals surface area contributed by atoms with Crippen molar-refractivity contribution >= 4 is 11.6 Å². The van der Waals surface area contributed by atoms with E-state index in [1.807, 2.05) is 12.1 Å². The first-order valence-corrected chi connectivity index (χ1v) is 5.05. The van der Waals surface area contributed by atoms with E-state index in [4.69, 9.17) is 16.7 Å². The molecule has 1 atom stereocenters. The lowest BCUT2D eigenvalue weighted by Crippen LogP contribution is -2.17. The average Bonchev–Trinajstić information content (AvgIpc) is 2.16. The van der Waals surface area contributed by atoms with Crippen molar-refractivity contribution < 1.29 is 5.11 Å². The maximum absolute atomic E-state index is 9.05. The van der Waals surface area contributed by atoms with Gasteiger partial charge in [0.05, 0.1) is 0 Å². The molecule has 0 spiro atoms. The third-order valence-electron chi connectivity index (χ3n) is 2.76. The standard InChI is InChI=1S/C11H13ClO/c12-11-4-3-9-2-1-8(7-13)5-10(9)6-11/h3-4,6,8,13H,1-2,5,7H2. The zero-order valence-corrected chi connectivity index (χ0v) is 8.22. The Hall–Kier alpha value is -0.530. The van der Waals surface area contributed by atoms with Crippen LogP contribution in [0.2, 0.25) is 5.02 Å². The van der Waals surface area contributed by atoms with Gasteiger partial charge in [-0.05, 0) is 48.4 Å². The topological polar surface area (TPSA) is 20.2 Å². The number of hydrogen-bond donors (Lipinski definition) is 1. The Morgan fingerprint density at radius 2 is 2.23 bits per heavy atom. The molecule has 1 aromatic carbocycles. The van der Waals surface area contributed by atoms with Gasteiger partial charge in [-0.15, -0.1) is 0 Å². The van der Waals surface area contributed by atoms with Gasteiger partial charge in [-0.1, -0.05) is 17.7 Å². The van der Waals surface area contributed by atoms with Crippen LogP contribution in [0.25, 0.3) is 0 Å². The van der Waals surface area contributed by atoms with Gasteiger partial charge in [-0.25, -0.2) is 0 Å². The molecule has 0 aromatic heterocycles. The van der Waals surface area contributed by atoms with Gasteiger partial charge in [0.1, 0.15) is 0 Å². The summed E-state index contributed by atoms with van der Waals surface area (Å²) < 4.78 is 0. The molecular formula is C11H13ClO. The molecule has 0 fully saturated rings. The first-order valence-electron chi connectivity index (χ1n) is 4.68. The molecule has 1 nitrogen and oxygen atoms in total. The molecule has 1 aliphatic rings. The first kappa shape index (κ1) is 9.04. The van der Waals surface area contributed by atoms with Crippen LogP contribution in [0.1, 0.15) is 17.5 Å². The quantitative estimate of drug-likeness (QED) is 0.732. The van der Waals surface area contributed by atoms with Crippen molar-refractivity contribution in [2.75, 3.05) is 6.61 Å². The van der Waals surface area contributed by atoms with Gasteiger partial charge in [-0.2, -0.15) is 0 Å². The highest BCUT2D eigenvalue weighted by Crippen LogP contribution is 2.27. The first-order chi connectivity index (χ1) is 6.29. The maximum atomic E-state index is 9.05. The van der Waals surface area contributed by atoms with Crippen LogP contribution in [0, 0.1) is 5.92 Å². The van der Waals surface area contributed by atoms with Crippen molar-refractivity contribution in [1.82, 2.24) is 0 Å². The number of fused-ring (bicyclic) bond motifs is 1. The maximum Gasteiger partial charge on any atom is 0.0462 e. The minimum absolute atomic E-state index is 0.298. The molecular weight excluding hydrogens is 184 g/mol. The van der Waals surface area contributed by atoms with Crippen LogP contribution in [0.4, 0.5) is 0 Å². The lowest BCUT2D eigenvalue weighted by molar-refractivity contribution is 0.213. The Kier molecular flexibility index (Phi) is 2.56. The molecule has 2 heteroatoms. The molecule has 0 saturated heterocycles. The molecule has 0 radical (unpaired) electrons. The van der Waals surface area contributed by atoms with Crippen molar-refractivity contribution in [2.45, 2.75) is 19.3 Å². The summed E-state index contributed by atoms with van der Waals surface area (Å²) in [7, 11) is 0. The number of aliphatic hydroxyl groups is 1. The molecule has 0 saturated carbocycles. The van der Waals surface area contributed by atoms with Gasteiger partial charge >= 0.3 is 0 Å². The normalized spacial score (nSPS) is 21.2. The van der Waals surface area contributed by atoms with Crippen molar-refractivity contribution in [2.24, 2.45) is 5.92 Å². The van der Waals surface area contributed by atoms with E-state index < -0.39 is 0 Å². The highest BCUT2D eigenvalue weighted by atomic mass is 35.5. The van der Waals surface area contributed by atoms with E-state index in [2.05, 4.69) is 6.07 Å². The largest absolute Gasteiger partial charge is 0.396 e. The van der Waals surface area contributed by atoms with Crippen molar-refractivity contribution in [1.29, 1.82) is 0 Å². The molecule has 70 valence electrons. The molecule has 1 N–H and O–H groups in total. The second-order valence-corrected chi connectivity index (χ2v) is 4.14. The summed E-state index contributed by atoms with van der Waals surface area (Å²) in [5.74, 6) is 0.436. The van der Waals surface area contributed by atoms with Crippen LogP contribution in [0.15, 0.2) is 18.2 Å². The van der Waals surface area contributed by atoms with Crippen LogP contribution in [0.5, 0.6) is 0 Å². The van der Waals surface area contributed by atoms with Gasteiger partial charge in [-0.3, -0.25) is 0 Å². The third kappa shape index (κ3) is 1.87. The Bertz CT molecular complexity index is 309. The fourth-order valence-electron chi connectivity index (χ4n) is 1.96. The highest BCUT2D eigenvalue weighted by molar-refractivity contribution is 6.30. The minimum atomic E-state index is 0.298. The SMILES string of the molecule is OCC1CCc2ccc(Cl)cc2C1. The van der Waals surface area contributed by atoms with Crippen LogP contribution in [-0.2, 0) is 12.8 Å². The number of benzene rings is 1. The Morgan fingerprint density at radius 1 is 1.38 bits per heavy atom. The van der Waals surface area contributed by atoms with Crippen molar-refractivity contribution in [3.05, 3.63) is 34.3 Å². The predicted octanol–water partition coefficient (Wildman–Crippen LogP) is 2.44. The summed E-state index contributed by atoms with van der Waals surface area (Å²) in [5, 5.41) is 9.86. The summed E-state index contributed by atoms with van der Waals surface area (Å²) in [5.41, 5.74) is 2.71. The smallest absolute Gasteiger partial charge is 0.0462 e. The zero-order chi connectivity index (χ0) is 9.26. The van der Waals surface area contributed by atoms with E-state index >= 15 is 0 Å². The van der Waals surface area contributed by atoms with Crippen LogP contribution in [0.3, 0.4) is 0 Å². The van der Waals surface area contributed by atoms with Crippen molar-refractivity contribution in [3.63, 3.8) is 0 Å². The van der Waals surface area contributed by atoms with Gasteiger partial charge < -0.3 is 5.11 Å². The van der Waals surface area contributed by atoms with Gasteiger partial charge in [0, 0.05) is 11.6 Å². The molecule has 0 heterocycles. The monoisotopic (exact) mass is 196 g/mol. The van der Waals surface area contributed by atoms with E-state index in [9.17, 15) is 0 Å². The lowest BCUT2D eigenvalue weighted by atomic mass is 9.84. The Labute approximate surface area is 83.3 Å². The van der Waals surface area contributed by atoms with Crippen LogP contribution in [-0.4, -0.2) is 11.7 Å². The fraction of sp³-hybridized carbons (Fsp3) is 0.455. The second kappa shape index (κ2) is 3.69. The average molecular weight is 197 g/mol. The molecule has 0 aliphatic heterocycles. The molecule has 0 amide bonds. The Balaban J connectivity index is 2.27. The molecule has 1 aromatic rings. The van der Waals surface area contributed by atoms with Gasteiger partial charge in [0.15, 0.2) is 0 Å². The number of aryl methyl sites for hydroxylation is 1. The highest BCUT2D eigenvalue weighted by Gasteiger charge is 2.17. The molecule has 0 bridgehead atoms. The van der Waals surface area contributed by atoms with Gasteiger partial charge in [0.2, 0.25) is 0 Å². The fourth-order valence-corrected chi connectivity index (χ4v) is 2.15. The molecule has 13 heavy (non-hydrogen) atoms. The molecule has 2 rings (SSSR count). The van der Waals surface area contributed by atoms with E-state index in [0.29, 0.717) is 12.5 Å². The van der Waals surface area contributed by atoms with Crippen molar-refractivity contribution in [3.8, 4) is 0 Å². The lowest BCUT2D eigenvalue weighted by Gasteiger charge is -2.22. The molecule has 1 unspecified atom stereocenters. The Morgan fingerprint density at radius 3 is 3.00 bits per heavy atom. The summed E-state index contributed by atoms with van der Waals surface area (Å²) in [6.07, 6.45) is 3.16. The predicted molar refractivity (Wildman–Crippen MR) is 54.1 cm³/mol. The number of aliphatic hydroxyl groups excluding tert-OH is 1. The van der Waals surface area contributed by atoms with E-state index in [0.717, 1.165) is 24.3 Å². The molecule has 1 aliphatic carbocycles. The van der Waals surface area contributed by atoms with E-state index in [1.54, 1.807) is 0 Å². The summed E-state index contributed by atoms with van der Waals surface area (Å²) in [6, 6.07) is 6.07. The number of halogens is 1. The minimum Gasteiger partial charge on any atom is -0.396 e. The number of hydrogen-bond acceptors (Lipinski definition) is 1. The number of rotatable bonds is 1. The van der Waals surface area contributed by atoms with Crippen LogP contribution >= 0.6 is 11.6 Å².